The molecule has 0 radical (unpaired) electrons. The Morgan fingerprint density at radius 3 is 2.40 bits per heavy atom. The number of nitrogens with two attached hydrogens (primary N) is 1. The summed E-state index contributed by atoms with van der Waals surface area (Å²) in [6, 6.07) is 0. The molecule has 0 atom stereocenters. The Balaban J connectivity index is 1.72. The fourth-order valence-corrected chi connectivity index (χ4v) is 2.24. The van der Waals surface area contributed by atoms with Gasteiger partial charge in [0.15, 0.2) is 0 Å². The summed E-state index contributed by atoms with van der Waals surface area (Å²) in [5.41, 5.74) is 6.23. The van der Waals surface area contributed by atoms with Crippen molar-refractivity contribution in [3.63, 3.8) is 0 Å². The Hall–Kier alpha value is -0.0800. The monoisotopic (exact) mass is 140 g/mol. The van der Waals surface area contributed by atoms with E-state index in [1.807, 2.05) is 0 Å². The van der Waals surface area contributed by atoms with Gasteiger partial charge >= 0.3 is 0 Å². The van der Waals surface area contributed by atoms with Crippen molar-refractivity contribution in [3.8, 4) is 0 Å². The van der Waals surface area contributed by atoms with Crippen LogP contribution in [0.5, 0.6) is 0 Å². The highest BCUT2D eigenvalue weighted by molar-refractivity contribution is 5.00. The average molecular weight is 140 g/mol. The van der Waals surface area contributed by atoms with Gasteiger partial charge in [0.05, 0.1) is 0 Å². The summed E-state index contributed by atoms with van der Waals surface area (Å²) >= 11 is 0. The first-order valence-electron chi connectivity index (χ1n) is 4.27. The molecule has 2 rings (SSSR count). The van der Waals surface area contributed by atoms with Gasteiger partial charge in [-0.2, -0.15) is 0 Å². The molecular weight excluding hydrogens is 124 g/mol. The minimum absolute atomic E-state index is 0.787. The minimum atomic E-state index is 0.787. The molecule has 0 unspecified atom stereocenters. The fraction of sp³-hybridized carbons (Fsp3) is 1.00. The molecule has 0 bridgehead atoms. The number of hydrogen-bond donors (Lipinski definition) is 1. The molecular formula is C8H16N2. The first-order valence-corrected chi connectivity index (χ1v) is 4.27. The lowest BCUT2D eigenvalue weighted by atomic mass is 9.63. The molecule has 1 aliphatic heterocycles. The Kier molecular flexibility index (Phi) is 1.46. The summed E-state index contributed by atoms with van der Waals surface area (Å²) in [6.07, 6.45) is 4.43. The maximum Gasteiger partial charge on any atom is 0.0105 e. The minimum Gasteiger partial charge on any atom is -0.329 e. The molecule has 1 heterocycles. The molecule has 2 heteroatoms. The van der Waals surface area contributed by atoms with Crippen LogP contribution in [-0.4, -0.2) is 31.1 Å². The average Bonchev–Trinajstić information content (AvgIpc) is 1.72. The van der Waals surface area contributed by atoms with Crippen molar-refractivity contribution in [3.05, 3.63) is 0 Å². The first kappa shape index (κ1) is 6.62. The predicted molar refractivity (Wildman–Crippen MR) is 41.8 cm³/mol. The van der Waals surface area contributed by atoms with E-state index in [0.717, 1.165) is 18.5 Å². The molecule has 1 aliphatic carbocycles. The van der Waals surface area contributed by atoms with Crippen LogP contribution < -0.4 is 5.73 Å². The van der Waals surface area contributed by atoms with Crippen molar-refractivity contribution in [1.29, 1.82) is 0 Å². The lowest BCUT2D eigenvalue weighted by molar-refractivity contribution is -0.0575. The largest absolute Gasteiger partial charge is 0.329 e. The first-order chi connectivity index (χ1) is 4.85. The van der Waals surface area contributed by atoms with Crippen molar-refractivity contribution in [2.75, 3.05) is 26.2 Å². The zero-order chi connectivity index (χ0) is 7.03. The second-order valence-corrected chi connectivity index (χ2v) is 3.85. The third kappa shape index (κ3) is 0.867. The van der Waals surface area contributed by atoms with Crippen LogP contribution in [0.25, 0.3) is 0 Å². The smallest absolute Gasteiger partial charge is 0.0105 e. The lowest BCUT2D eigenvalue weighted by Gasteiger charge is -2.56. The van der Waals surface area contributed by atoms with Crippen molar-refractivity contribution in [1.82, 2.24) is 4.90 Å². The van der Waals surface area contributed by atoms with Crippen LogP contribution in [0.4, 0.5) is 0 Å². The Morgan fingerprint density at radius 2 is 2.00 bits per heavy atom. The second kappa shape index (κ2) is 2.21. The van der Waals surface area contributed by atoms with Gasteiger partial charge in [-0.05, 0) is 18.3 Å². The van der Waals surface area contributed by atoms with E-state index in [-0.39, 0.29) is 0 Å². The van der Waals surface area contributed by atoms with Gasteiger partial charge < -0.3 is 10.6 Å². The van der Waals surface area contributed by atoms with Gasteiger partial charge in [-0.15, -0.1) is 0 Å². The van der Waals surface area contributed by atoms with Crippen LogP contribution in [-0.2, 0) is 0 Å². The Bertz CT molecular complexity index is 121. The van der Waals surface area contributed by atoms with Gasteiger partial charge in [0, 0.05) is 26.2 Å². The number of hydrogen-bond acceptors (Lipinski definition) is 2. The van der Waals surface area contributed by atoms with Crippen molar-refractivity contribution < 1.29 is 0 Å². The van der Waals surface area contributed by atoms with E-state index in [2.05, 4.69) is 4.90 Å². The Morgan fingerprint density at radius 1 is 1.30 bits per heavy atom. The van der Waals surface area contributed by atoms with E-state index in [0.29, 0.717) is 0 Å². The van der Waals surface area contributed by atoms with E-state index < -0.39 is 0 Å². The summed E-state index contributed by atoms with van der Waals surface area (Å²) in [7, 11) is 0. The topological polar surface area (TPSA) is 29.3 Å². The summed E-state index contributed by atoms with van der Waals surface area (Å²) in [4.78, 5) is 2.47. The van der Waals surface area contributed by atoms with Crippen LogP contribution >= 0.6 is 0 Å². The van der Waals surface area contributed by atoms with Crippen LogP contribution in [0.3, 0.4) is 0 Å². The molecule has 2 aliphatic rings. The number of nitrogens with zero attached hydrogens (tertiary/aromatic N) is 1. The highest BCUT2D eigenvalue weighted by Crippen LogP contribution is 2.47. The molecule has 0 aromatic heterocycles. The summed E-state index contributed by atoms with van der Waals surface area (Å²) in [5.74, 6) is 0. The standard InChI is InChI=1S/C8H16N2/c9-4-5-10-6-8(7-10)2-1-3-8/h1-7,9H2. The van der Waals surface area contributed by atoms with Gasteiger partial charge in [0.1, 0.15) is 0 Å². The Labute approximate surface area is 62.4 Å². The van der Waals surface area contributed by atoms with Gasteiger partial charge in [-0.25, -0.2) is 0 Å². The molecule has 2 N–H and O–H groups in total. The van der Waals surface area contributed by atoms with Gasteiger partial charge in [-0.3, -0.25) is 0 Å². The van der Waals surface area contributed by atoms with Crippen molar-refractivity contribution in [2.45, 2.75) is 19.3 Å². The molecule has 2 nitrogen and oxygen atoms in total. The molecule has 0 aromatic carbocycles. The molecule has 10 heavy (non-hydrogen) atoms. The third-order valence-electron chi connectivity index (χ3n) is 2.98. The van der Waals surface area contributed by atoms with Gasteiger partial charge in [0.2, 0.25) is 0 Å². The third-order valence-corrected chi connectivity index (χ3v) is 2.98. The van der Waals surface area contributed by atoms with E-state index >= 15 is 0 Å². The highest BCUT2D eigenvalue weighted by Gasteiger charge is 2.46. The quantitative estimate of drug-likeness (QED) is 0.602. The predicted octanol–water partition coefficient (Wildman–Crippen LogP) is 0.431. The molecule has 1 spiro atoms. The molecule has 2 fully saturated rings. The van der Waals surface area contributed by atoms with Crippen LogP contribution in [0.2, 0.25) is 0 Å². The van der Waals surface area contributed by atoms with E-state index in [1.54, 1.807) is 0 Å². The molecule has 1 saturated carbocycles. The van der Waals surface area contributed by atoms with E-state index in [9.17, 15) is 0 Å². The zero-order valence-corrected chi connectivity index (χ0v) is 6.47. The van der Waals surface area contributed by atoms with Crippen LogP contribution in [0, 0.1) is 5.41 Å². The summed E-state index contributed by atoms with van der Waals surface area (Å²) in [5, 5.41) is 0. The number of rotatable bonds is 2. The molecule has 0 aromatic rings. The zero-order valence-electron chi connectivity index (χ0n) is 6.47. The molecule has 0 amide bonds. The van der Waals surface area contributed by atoms with Gasteiger partial charge in [-0.1, -0.05) is 6.42 Å². The van der Waals surface area contributed by atoms with Crippen molar-refractivity contribution >= 4 is 0 Å². The van der Waals surface area contributed by atoms with E-state index in [1.165, 1.54) is 32.4 Å². The normalized spacial score (nSPS) is 29.7. The number of likely N-dealkylation sites (tertiary alicyclic amines) is 1. The molecule has 1 saturated heterocycles. The van der Waals surface area contributed by atoms with E-state index in [4.69, 9.17) is 5.73 Å². The second-order valence-electron chi connectivity index (χ2n) is 3.85. The fourth-order valence-electron chi connectivity index (χ4n) is 2.24. The SMILES string of the molecule is NCCN1CC2(CCC2)C1. The molecule has 58 valence electrons. The van der Waals surface area contributed by atoms with Crippen LogP contribution in [0.15, 0.2) is 0 Å². The summed E-state index contributed by atoms with van der Waals surface area (Å²) < 4.78 is 0. The van der Waals surface area contributed by atoms with Crippen LogP contribution in [0.1, 0.15) is 19.3 Å². The summed E-state index contributed by atoms with van der Waals surface area (Å²) in [6.45, 7) is 4.62. The maximum atomic E-state index is 5.45. The lowest BCUT2D eigenvalue weighted by Crippen LogP contribution is -2.60. The highest BCUT2D eigenvalue weighted by atomic mass is 15.2. The van der Waals surface area contributed by atoms with Gasteiger partial charge in [0.25, 0.3) is 0 Å². The van der Waals surface area contributed by atoms with Crippen molar-refractivity contribution in [2.24, 2.45) is 11.1 Å². The maximum absolute atomic E-state index is 5.45.